The molecular weight excluding hydrogens is 334 g/mol. The SMILES string of the molecule is COCCn1nc2c(c1C(=O)N(C)Cc1ncc(C)[nH]1)C[C@H](C)O[C@@H]2C. The van der Waals surface area contributed by atoms with Crippen molar-refractivity contribution in [1.29, 1.82) is 0 Å². The minimum absolute atomic E-state index is 0.0576. The van der Waals surface area contributed by atoms with Crippen LogP contribution in [0.3, 0.4) is 0 Å². The third kappa shape index (κ3) is 3.66. The summed E-state index contributed by atoms with van der Waals surface area (Å²) in [7, 11) is 3.43. The maximum atomic E-state index is 13.2. The van der Waals surface area contributed by atoms with Crippen LogP contribution in [-0.4, -0.2) is 57.4 Å². The van der Waals surface area contributed by atoms with Gasteiger partial charge in [0.1, 0.15) is 11.5 Å². The highest BCUT2D eigenvalue weighted by molar-refractivity contribution is 5.94. The van der Waals surface area contributed by atoms with Gasteiger partial charge in [0.2, 0.25) is 0 Å². The highest BCUT2D eigenvalue weighted by Gasteiger charge is 2.33. The fourth-order valence-corrected chi connectivity index (χ4v) is 3.40. The Hall–Kier alpha value is -2.19. The van der Waals surface area contributed by atoms with E-state index < -0.39 is 0 Å². The molecule has 1 amide bonds. The maximum Gasteiger partial charge on any atom is 0.272 e. The molecular formula is C18H27N5O3. The molecule has 0 radical (unpaired) electrons. The predicted molar refractivity (Wildman–Crippen MR) is 95.9 cm³/mol. The van der Waals surface area contributed by atoms with Gasteiger partial charge in [0.25, 0.3) is 5.91 Å². The van der Waals surface area contributed by atoms with Gasteiger partial charge in [-0.25, -0.2) is 4.98 Å². The molecule has 2 atom stereocenters. The van der Waals surface area contributed by atoms with Gasteiger partial charge in [-0.1, -0.05) is 0 Å². The molecule has 8 nitrogen and oxygen atoms in total. The molecule has 1 N–H and O–H groups in total. The zero-order chi connectivity index (χ0) is 18.8. The summed E-state index contributed by atoms with van der Waals surface area (Å²) in [4.78, 5) is 22.4. The predicted octanol–water partition coefficient (Wildman–Crippen LogP) is 1.86. The fourth-order valence-electron chi connectivity index (χ4n) is 3.40. The Morgan fingerprint density at radius 3 is 2.92 bits per heavy atom. The smallest absolute Gasteiger partial charge is 0.272 e. The van der Waals surface area contributed by atoms with Gasteiger partial charge in [0.05, 0.1) is 37.6 Å². The van der Waals surface area contributed by atoms with Crippen molar-refractivity contribution in [1.82, 2.24) is 24.6 Å². The number of fused-ring (bicyclic) bond motifs is 1. The van der Waals surface area contributed by atoms with Crippen LogP contribution in [-0.2, 0) is 29.0 Å². The normalized spacial score (nSPS) is 19.4. The number of methoxy groups -OCH3 is 1. The van der Waals surface area contributed by atoms with Gasteiger partial charge in [0.15, 0.2) is 0 Å². The van der Waals surface area contributed by atoms with E-state index in [4.69, 9.17) is 9.47 Å². The Bertz CT molecular complexity index is 782. The number of H-pyrrole nitrogens is 1. The van der Waals surface area contributed by atoms with E-state index in [1.165, 1.54) is 0 Å². The topological polar surface area (TPSA) is 85.3 Å². The number of hydrogen-bond acceptors (Lipinski definition) is 5. The quantitative estimate of drug-likeness (QED) is 0.849. The van der Waals surface area contributed by atoms with Gasteiger partial charge in [-0.2, -0.15) is 5.10 Å². The molecule has 0 aromatic carbocycles. The van der Waals surface area contributed by atoms with Crippen LogP contribution in [0.1, 0.15) is 53.2 Å². The summed E-state index contributed by atoms with van der Waals surface area (Å²) < 4.78 is 12.8. The molecule has 1 aliphatic rings. The fraction of sp³-hybridized carbons (Fsp3) is 0.611. The molecule has 2 aromatic heterocycles. The lowest BCUT2D eigenvalue weighted by Crippen LogP contribution is -2.31. The van der Waals surface area contributed by atoms with Crippen molar-refractivity contribution in [2.75, 3.05) is 20.8 Å². The van der Waals surface area contributed by atoms with E-state index in [1.807, 2.05) is 20.8 Å². The first-order valence-electron chi connectivity index (χ1n) is 8.90. The molecule has 0 spiro atoms. The molecule has 0 fully saturated rings. The van der Waals surface area contributed by atoms with Gasteiger partial charge in [-0.3, -0.25) is 9.48 Å². The van der Waals surface area contributed by atoms with E-state index >= 15 is 0 Å². The summed E-state index contributed by atoms with van der Waals surface area (Å²) in [5.74, 6) is 0.699. The summed E-state index contributed by atoms with van der Waals surface area (Å²) >= 11 is 0. The average molecular weight is 361 g/mol. The number of rotatable bonds is 6. The number of aryl methyl sites for hydroxylation is 1. The number of carbonyl (C=O) groups excluding carboxylic acids is 1. The maximum absolute atomic E-state index is 13.2. The van der Waals surface area contributed by atoms with E-state index in [1.54, 1.807) is 29.9 Å². The van der Waals surface area contributed by atoms with Crippen molar-refractivity contribution in [2.24, 2.45) is 0 Å². The molecule has 0 unspecified atom stereocenters. The molecule has 0 aliphatic carbocycles. The number of amides is 1. The van der Waals surface area contributed by atoms with Crippen LogP contribution in [0.15, 0.2) is 6.20 Å². The number of carbonyl (C=O) groups is 1. The first-order chi connectivity index (χ1) is 12.4. The van der Waals surface area contributed by atoms with E-state index in [0.717, 1.165) is 22.8 Å². The van der Waals surface area contributed by atoms with Crippen molar-refractivity contribution in [3.63, 3.8) is 0 Å². The zero-order valence-corrected chi connectivity index (χ0v) is 16.1. The third-order valence-electron chi connectivity index (χ3n) is 4.59. The Morgan fingerprint density at radius 1 is 1.50 bits per heavy atom. The Balaban J connectivity index is 1.92. The number of aromatic amines is 1. The highest BCUT2D eigenvalue weighted by Crippen LogP contribution is 2.32. The number of imidazole rings is 1. The van der Waals surface area contributed by atoms with Crippen LogP contribution in [0.2, 0.25) is 0 Å². The molecule has 2 aromatic rings. The number of nitrogens with one attached hydrogen (secondary N) is 1. The summed E-state index contributed by atoms with van der Waals surface area (Å²) in [6.07, 6.45) is 2.38. The summed E-state index contributed by atoms with van der Waals surface area (Å²) in [6.45, 7) is 7.38. The molecule has 26 heavy (non-hydrogen) atoms. The molecule has 8 heteroatoms. The summed E-state index contributed by atoms with van der Waals surface area (Å²) in [5, 5.41) is 4.66. The van der Waals surface area contributed by atoms with Crippen LogP contribution in [0.5, 0.6) is 0 Å². The number of nitrogens with zero attached hydrogens (tertiary/aromatic N) is 4. The molecule has 3 heterocycles. The second-order valence-electron chi connectivity index (χ2n) is 6.90. The summed E-state index contributed by atoms with van der Waals surface area (Å²) in [6, 6.07) is 0. The van der Waals surface area contributed by atoms with E-state index in [-0.39, 0.29) is 18.1 Å². The second-order valence-corrected chi connectivity index (χ2v) is 6.90. The number of hydrogen-bond donors (Lipinski definition) is 1. The lowest BCUT2D eigenvalue weighted by molar-refractivity contribution is -0.00720. The van der Waals surface area contributed by atoms with Gasteiger partial charge >= 0.3 is 0 Å². The van der Waals surface area contributed by atoms with E-state index in [0.29, 0.717) is 31.8 Å². The van der Waals surface area contributed by atoms with Crippen LogP contribution < -0.4 is 0 Å². The van der Waals surface area contributed by atoms with Crippen LogP contribution in [0.25, 0.3) is 0 Å². The molecule has 0 saturated carbocycles. The Kier molecular flexibility index (Phi) is 5.43. The number of ether oxygens (including phenoxy) is 2. The molecule has 142 valence electrons. The van der Waals surface area contributed by atoms with Crippen molar-refractivity contribution in [3.05, 3.63) is 34.7 Å². The van der Waals surface area contributed by atoms with E-state index in [9.17, 15) is 4.79 Å². The Morgan fingerprint density at radius 2 is 2.27 bits per heavy atom. The van der Waals surface area contributed by atoms with Gasteiger partial charge < -0.3 is 19.4 Å². The van der Waals surface area contributed by atoms with Crippen LogP contribution >= 0.6 is 0 Å². The van der Waals surface area contributed by atoms with Gasteiger partial charge in [-0.05, 0) is 20.8 Å². The molecule has 3 rings (SSSR count). The molecule has 0 saturated heterocycles. The minimum Gasteiger partial charge on any atom is -0.383 e. The first-order valence-corrected chi connectivity index (χ1v) is 8.90. The van der Waals surface area contributed by atoms with E-state index in [2.05, 4.69) is 15.1 Å². The Labute approximate surface area is 153 Å². The van der Waals surface area contributed by atoms with Crippen molar-refractivity contribution in [3.8, 4) is 0 Å². The van der Waals surface area contributed by atoms with Crippen molar-refractivity contribution in [2.45, 2.75) is 52.5 Å². The van der Waals surface area contributed by atoms with Crippen LogP contribution in [0.4, 0.5) is 0 Å². The lowest BCUT2D eigenvalue weighted by Gasteiger charge is -2.25. The first kappa shape index (κ1) is 18.6. The standard InChI is InChI=1S/C18H27N5O3/c1-11-9-19-15(20-11)10-22(4)18(24)17-14-8-12(2)26-13(3)16(14)21-23(17)6-7-25-5/h9,12-13H,6-8,10H2,1-5H3,(H,19,20)/t12-,13+/m0/s1. The van der Waals surface area contributed by atoms with Gasteiger partial charge in [0, 0.05) is 38.0 Å². The monoisotopic (exact) mass is 361 g/mol. The molecule has 1 aliphatic heterocycles. The summed E-state index contributed by atoms with van der Waals surface area (Å²) in [5.41, 5.74) is 3.44. The second kappa shape index (κ2) is 7.59. The third-order valence-corrected chi connectivity index (χ3v) is 4.59. The average Bonchev–Trinajstić information content (AvgIpc) is 3.15. The minimum atomic E-state index is -0.123. The van der Waals surface area contributed by atoms with Crippen molar-refractivity contribution < 1.29 is 14.3 Å². The highest BCUT2D eigenvalue weighted by atomic mass is 16.5. The van der Waals surface area contributed by atoms with Gasteiger partial charge in [-0.15, -0.1) is 0 Å². The zero-order valence-electron chi connectivity index (χ0n) is 16.1. The van der Waals surface area contributed by atoms with Crippen molar-refractivity contribution >= 4 is 5.91 Å². The molecule has 0 bridgehead atoms. The number of aromatic nitrogens is 4. The van der Waals surface area contributed by atoms with Crippen LogP contribution in [0, 0.1) is 6.92 Å². The largest absolute Gasteiger partial charge is 0.383 e. The lowest BCUT2D eigenvalue weighted by atomic mass is 9.99.